The van der Waals surface area contributed by atoms with E-state index < -0.39 is 5.82 Å². The van der Waals surface area contributed by atoms with E-state index in [1.54, 1.807) is 6.07 Å². The quantitative estimate of drug-likeness (QED) is 0.789. The van der Waals surface area contributed by atoms with E-state index in [-0.39, 0.29) is 12.4 Å². The first-order valence-electron chi connectivity index (χ1n) is 6.93. The maximum atomic E-state index is 14.4. The number of hydrogen-bond acceptors (Lipinski definition) is 4. The SMILES string of the molecule is CCCNc1nc2ccc(OC/C(=C\F)CC)c(F)c2s1. The van der Waals surface area contributed by atoms with Crippen molar-refractivity contribution in [2.75, 3.05) is 18.5 Å². The van der Waals surface area contributed by atoms with Gasteiger partial charge in [0.1, 0.15) is 6.61 Å². The summed E-state index contributed by atoms with van der Waals surface area (Å²) in [4.78, 5) is 4.32. The summed E-state index contributed by atoms with van der Waals surface area (Å²) in [5.41, 5.74) is 1.09. The van der Waals surface area contributed by atoms with E-state index in [0.717, 1.165) is 13.0 Å². The molecule has 3 nitrogen and oxygen atoms in total. The van der Waals surface area contributed by atoms with Gasteiger partial charge in [0.15, 0.2) is 16.7 Å². The Labute approximate surface area is 126 Å². The van der Waals surface area contributed by atoms with Crippen LogP contribution in [0.4, 0.5) is 13.9 Å². The molecule has 0 spiro atoms. The molecule has 0 atom stereocenters. The van der Waals surface area contributed by atoms with Gasteiger partial charge in [0, 0.05) is 6.54 Å². The molecule has 0 unspecified atom stereocenters. The molecule has 0 saturated carbocycles. The lowest BCUT2D eigenvalue weighted by atomic mass is 10.2. The molecule has 0 saturated heterocycles. The number of aromatic nitrogens is 1. The van der Waals surface area contributed by atoms with Crippen LogP contribution in [0.25, 0.3) is 10.2 Å². The number of fused-ring (bicyclic) bond motifs is 1. The van der Waals surface area contributed by atoms with Gasteiger partial charge in [0.25, 0.3) is 0 Å². The summed E-state index contributed by atoms with van der Waals surface area (Å²) in [6.45, 7) is 4.72. The molecule has 114 valence electrons. The topological polar surface area (TPSA) is 34.2 Å². The highest BCUT2D eigenvalue weighted by molar-refractivity contribution is 7.22. The number of rotatable bonds is 7. The molecule has 2 rings (SSSR count). The summed E-state index contributed by atoms with van der Waals surface area (Å²) in [6.07, 6.45) is 2.02. The first-order valence-corrected chi connectivity index (χ1v) is 7.75. The Morgan fingerprint density at radius 1 is 1.43 bits per heavy atom. The summed E-state index contributed by atoms with van der Waals surface area (Å²) in [5, 5.41) is 3.84. The van der Waals surface area contributed by atoms with E-state index in [4.69, 9.17) is 4.74 Å². The molecule has 0 fully saturated rings. The van der Waals surface area contributed by atoms with Crippen molar-refractivity contribution in [3.8, 4) is 5.75 Å². The van der Waals surface area contributed by atoms with Gasteiger partial charge >= 0.3 is 0 Å². The molecule has 1 N–H and O–H groups in total. The highest BCUT2D eigenvalue weighted by Crippen LogP contribution is 2.33. The fourth-order valence-corrected chi connectivity index (χ4v) is 2.66. The fraction of sp³-hybridized carbons (Fsp3) is 0.400. The highest BCUT2D eigenvalue weighted by Gasteiger charge is 2.13. The van der Waals surface area contributed by atoms with Crippen LogP contribution in [0.1, 0.15) is 26.7 Å². The van der Waals surface area contributed by atoms with Gasteiger partial charge in [-0.1, -0.05) is 25.2 Å². The highest BCUT2D eigenvalue weighted by atomic mass is 32.1. The molecule has 0 radical (unpaired) electrons. The minimum Gasteiger partial charge on any atom is -0.486 e. The molecule has 1 aromatic heterocycles. The van der Waals surface area contributed by atoms with Crippen molar-refractivity contribution in [1.82, 2.24) is 4.98 Å². The number of thiazole rings is 1. The standard InChI is InChI=1S/C15H18F2N2OS/c1-3-7-18-15-19-11-5-6-12(13(17)14(11)21-15)20-9-10(4-2)8-16/h5-6,8H,3-4,7,9H2,1-2H3,(H,18,19)/b10-8-. The molecule has 6 heteroatoms. The molecule has 0 amide bonds. The van der Waals surface area contributed by atoms with Gasteiger partial charge in [0.2, 0.25) is 0 Å². The van der Waals surface area contributed by atoms with Crippen LogP contribution in [0.15, 0.2) is 24.0 Å². The van der Waals surface area contributed by atoms with Gasteiger partial charge < -0.3 is 10.1 Å². The number of nitrogens with one attached hydrogen (secondary N) is 1. The number of ether oxygens (including phenoxy) is 1. The van der Waals surface area contributed by atoms with Crippen LogP contribution >= 0.6 is 11.3 Å². The Bertz CT molecular complexity index is 640. The summed E-state index contributed by atoms with van der Waals surface area (Å²) in [6, 6.07) is 3.25. The predicted octanol–water partition coefficient (Wildman–Crippen LogP) is 4.90. The predicted molar refractivity (Wildman–Crippen MR) is 83.3 cm³/mol. The molecular weight excluding hydrogens is 294 g/mol. The molecule has 0 bridgehead atoms. The van der Waals surface area contributed by atoms with Crippen molar-refractivity contribution in [3.63, 3.8) is 0 Å². The lowest BCUT2D eigenvalue weighted by molar-refractivity contribution is 0.328. The summed E-state index contributed by atoms with van der Waals surface area (Å²) in [7, 11) is 0. The van der Waals surface area contributed by atoms with Crippen molar-refractivity contribution in [3.05, 3.63) is 29.9 Å². The Kier molecular flexibility index (Phi) is 5.50. The van der Waals surface area contributed by atoms with Crippen molar-refractivity contribution in [1.29, 1.82) is 0 Å². The zero-order valence-corrected chi connectivity index (χ0v) is 12.9. The smallest absolute Gasteiger partial charge is 0.184 e. The van der Waals surface area contributed by atoms with Gasteiger partial charge in [-0.15, -0.1) is 0 Å². The third-order valence-corrected chi connectivity index (χ3v) is 4.03. The van der Waals surface area contributed by atoms with Crippen LogP contribution in [0.3, 0.4) is 0 Å². The fourth-order valence-electron chi connectivity index (χ4n) is 1.74. The third-order valence-electron chi connectivity index (χ3n) is 3.01. The first-order chi connectivity index (χ1) is 10.2. The maximum Gasteiger partial charge on any atom is 0.184 e. The third kappa shape index (κ3) is 3.69. The molecule has 0 aliphatic heterocycles. The summed E-state index contributed by atoms with van der Waals surface area (Å²) < 4.78 is 32.7. The Morgan fingerprint density at radius 2 is 2.24 bits per heavy atom. The van der Waals surface area contributed by atoms with E-state index in [0.29, 0.717) is 33.7 Å². The number of anilines is 1. The minimum atomic E-state index is -0.441. The average molecular weight is 312 g/mol. The van der Waals surface area contributed by atoms with Crippen molar-refractivity contribution < 1.29 is 13.5 Å². The Balaban J connectivity index is 2.20. The number of halogens is 2. The molecule has 1 aromatic carbocycles. The van der Waals surface area contributed by atoms with Gasteiger partial charge in [-0.3, -0.25) is 0 Å². The first kappa shape index (κ1) is 15.7. The summed E-state index contributed by atoms with van der Waals surface area (Å²) >= 11 is 1.26. The monoisotopic (exact) mass is 312 g/mol. The second-order valence-electron chi connectivity index (χ2n) is 4.58. The largest absolute Gasteiger partial charge is 0.486 e. The van der Waals surface area contributed by atoms with Crippen molar-refractivity contribution in [2.24, 2.45) is 0 Å². The number of benzene rings is 1. The minimum absolute atomic E-state index is 0.0508. The second kappa shape index (κ2) is 7.36. The van der Waals surface area contributed by atoms with Crippen LogP contribution in [-0.4, -0.2) is 18.1 Å². The van der Waals surface area contributed by atoms with Gasteiger partial charge in [-0.2, -0.15) is 0 Å². The van der Waals surface area contributed by atoms with Crippen LogP contribution in [0, 0.1) is 5.82 Å². The van der Waals surface area contributed by atoms with E-state index in [1.165, 1.54) is 17.4 Å². The van der Waals surface area contributed by atoms with Gasteiger partial charge in [0.05, 0.1) is 16.5 Å². The molecule has 0 aliphatic rings. The van der Waals surface area contributed by atoms with E-state index in [1.807, 2.05) is 6.92 Å². The number of nitrogens with zero attached hydrogens (tertiary/aromatic N) is 1. The van der Waals surface area contributed by atoms with Crippen LogP contribution in [0.5, 0.6) is 5.75 Å². The van der Waals surface area contributed by atoms with Crippen molar-refractivity contribution in [2.45, 2.75) is 26.7 Å². The molecular formula is C15H18F2N2OS. The molecule has 1 heterocycles. The molecule has 21 heavy (non-hydrogen) atoms. The van der Waals surface area contributed by atoms with E-state index in [2.05, 4.69) is 17.2 Å². The lowest BCUT2D eigenvalue weighted by Crippen LogP contribution is -2.01. The Hall–Kier alpha value is -1.69. The van der Waals surface area contributed by atoms with Gasteiger partial charge in [-0.05, 0) is 30.5 Å². The van der Waals surface area contributed by atoms with E-state index in [9.17, 15) is 8.78 Å². The average Bonchev–Trinajstić information content (AvgIpc) is 2.92. The Morgan fingerprint density at radius 3 is 2.90 bits per heavy atom. The van der Waals surface area contributed by atoms with E-state index >= 15 is 0 Å². The zero-order chi connectivity index (χ0) is 15.2. The van der Waals surface area contributed by atoms with Crippen molar-refractivity contribution >= 4 is 26.7 Å². The number of hydrogen-bond donors (Lipinski definition) is 1. The molecule has 2 aromatic rings. The lowest BCUT2D eigenvalue weighted by Gasteiger charge is -2.08. The second-order valence-corrected chi connectivity index (χ2v) is 5.58. The van der Waals surface area contributed by atoms with Crippen LogP contribution < -0.4 is 10.1 Å². The van der Waals surface area contributed by atoms with Crippen LogP contribution in [-0.2, 0) is 0 Å². The maximum absolute atomic E-state index is 14.4. The summed E-state index contributed by atoms with van der Waals surface area (Å²) in [5.74, 6) is -0.315. The molecule has 0 aliphatic carbocycles. The van der Waals surface area contributed by atoms with Gasteiger partial charge in [-0.25, -0.2) is 13.8 Å². The van der Waals surface area contributed by atoms with Crippen LogP contribution in [0.2, 0.25) is 0 Å². The zero-order valence-electron chi connectivity index (χ0n) is 12.1. The normalized spacial score (nSPS) is 11.9.